The number of benzene rings is 1. The van der Waals surface area contributed by atoms with Gasteiger partial charge in [0, 0.05) is 11.4 Å². The van der Waals surface area contributed by atoms with E-state index in [1.165, 1.54) is 0 Å². The fraction of sp³-hybridized carbons (Fsp3) is 0.375. The first kappa shape index (κ1) is 22.2. The van der Waals surface area contributed by atoms with Crippen LogP contribution < -0.4 is 27.6 Å². The summed E-state index contributed by atoms with van der Waals surface area (Å²) in [5.74, 6) is -1.78. The number of carboxylic acids is 1. The van der Waals surface area contributed by atoms with Gasteiger partial charge in [-0.1, -0.05) is 30.7 Å². The summed E-state index contributed by atoms with van der Waals surface area (Å²) in [6.45, 7) is 1.80. The van der Waals surface area contributed by atoms with Crippen molar-refractivity contribution < 1.29 is 19.5 Å². The number of urea groups is 1. The predicted molar refractivity (Wildman–Crippen MR) is 101 cm³/mol. The highest BCUT2D eigenvalue weighted by atomic mass is 35.5. The number of hydrogen-bond donors (Lipinski definition) is 6. The molecule has 0 saturated heterocycles. The van der Waals surface area contributed by atoms with Crippen LogP contribution in [0.15, 0.2) is 29.3 Å². The molecule has 1 aromatic rings. The van der Waals surface area contributed by atoms with Crippen LogP contribution in [0.25, 0.3) is 0 Å². The molecule has 0 aliphatic rings. The molecule has 0 fully saturated rings. The highest BCUT2D eigenvalue weighted by Crippen LogP contribution is 2.18. The van der Waals surface area contributed by atoms with Crippen LogP contribution >= 0.6 is 11.6 Å². The van der Waals surface area contributed by atoms with Gasteiger partial charge in [0.05, 0.1) is 18.5 Å². The summed E-state index contributed by atoms with van der Waals surface area (Å²) in [5, 5.41) is 11.6. The highest BCUT2D eigenvalue weighted by molar-refractivity contribution is 6.30. The topological polar surface area (TPSA) is 172 Å². The number of nitrogens with zero attached hydrogens (tertiary/aromatic N) is 1. The van der Waals surface area contributed by atoms with Crippen LogP contribution in [0.3, 0.4) is 0 Å². The van der Waals surface area contributed by atoms with Gasteiger partial charge in [0.1, 0.15) is 0 Å². The largest absolute Gasteiger partial charge is 0.481 e. The number of carboxylic acid groups (broad SMARTS) is 1. The van der Waals surface area contributed by atoms with Crippen molar-refractivity contribution >= 4 is 35.5 Å². The normalized spacial score (nSPS) is 12.5. The Morgan fingerprint density at radius 1 is 1.19 bits per heavy atom. The van der Waals surface area contributed by atoms with Crippen LogP contribution in [0.5, 0.6) is 0 Å². The van der Waals surface area contributed by atoms with Gasteiger partial charge in [0.2, 0.25) is 5.91 Å². The van der Waals surface area contributed by atoms with Crippen molar-refractivity contribution in [2.24, 2.45) is 16.5 Å². The van der Waals surface area contributed by atoms with Crippen molar-refractivity contribution in [3.8, 4) is 0 Å². The third kappa shape index (κ3) is 8.88. The fourth-order valence-corrected chi connectivity index (χ4v) is 2.32. The van der Waals surface area contributed by atoms with E-state index in [1.54, 1.807) is 31.2 Å². The first-order valence-electron chi connectivity index (χ1n) is 8.12. The highest BCUT2D eigenvalue weighted by Gasteiger charge is 2.18. The van der Waals surface area contributed by atoms with Crippen LogP contribution in [0.2, 0.25) is 5.02 Å². The number of hydrogen-bond acceptors (Lipinski definition) is 5. The summed E-state index contributed by atoms with van der Waals surface area (Å²) in [6, 6.07) is 4.49. The maximum atomic E-state index is 11.9. The number of guanidine groups is 1. The summed E-state index contributed by atoms with van der Waals surface area (Å²) in [6.07, 6.45) is 0.151. The van der Waals surface area contributed by atoms with Crippen molar-refractivity contribution in [2.45, 2.75) is 38.3 Å². The Hall–Kier alpha value is -2.85. The van der Waals surface area contributed by atoms with E-state index in [0.717, 1.165) is 0 Å². The SMILES string of the molecule is CCC(CC(=O)NC(=O)NNC(CC(=O)O)c1ccc(Cl)cc1)N=C(N)N. The quantitative estimate of drug-likeness (QED) is 0.201. The lowest BCUT2D eigenvalue weighted by Gasteiger charge is -2.18. The van der Waals surface area contributed by atoms with Gasteiger partial charge in [-0.25, -0.2) is 15.2 Å². The van der Waals surface area contributed by atoms with Crippen molar-refractivity contribution in [3.05, 3.63) is 34.9 Å². The van der Waals surface area contributed by atoms with E-state index in [-0.39, 0.29) is 18.8 Å². The molecule has 1 aromatic carbocycles. The van der Waals surface area contributed by atoms with Crippen LogP contribution in [-0.2, 0) is 9.59 Å². The van der Waals surface area contributed by atoms with Crippen molar-refractivity contribution in [2.75, 3.05) is 0 Å². The first-order chi connectivity index (χ1) is 12.7. The third-order valence-corrected chi connectivity index (χ3v) is 3.74. The summed E-state index contributed by atoms with van der Waals surface area (Å²) in [5.41, 5.74) is 16.0. The summed E-state index contributed by atoms with van der Waals surface area (Å²) in [7, 11) is 0. The van der Waals surface area contributed by atoms with E-state index in [2.05, 4.69) is 21.2 Å². The van der Waals surface area contributed by atoms with Gasteiger partial charge < -0.3 is 16.6 Å². The molecule has 10 nitrogen and oxygen atoms in total. The Morgan fingerprint density at radius 3 is 2.33 bits per heavy atom. The molecule has 11 heteroatoms. The van der Waals surface area contributed by atoms with E-state index in [9.17, 15) is 14.4 Å². The minimum absolute atomic E-state index is 0.0719. The number of amides is 3. The van der Waals surface area contributed by atoms with Crippen molar-refractivity contribution in [1.29, 1.82) is 0 Å². The summed E-state index contributed by atoms with van der Waals surface area (Å²) < 4.78 is 0. The second-order valence-electron chi connectivity index (χ2n) is 5.67. The van der Waals surface area contributed by atoms with Gasteiger partial charge in [-0.2, -0.15) is 0 Å². The number of halogens is 1. The number of nitrogens with one attached hydrogen (secondary N) is 3. The van der Waals surface area contributed by atoms with Gasteiger partial charge in [-0.3, -0.25) is 20.3 Å². The van der Waals surface area contributed by atoms with Crippen LogP contribution in [0.4, 0.5) is 4.79 Å². The van der Waals surface area contributed by atoms with Gasteiger partial charge in [0.25, 0.3) is 0 Å². The van der Waals surface area contributed by atoms with Gasteiger partial charge in [-0.05, 0) is 24.1 Å². The lowest BCUT2D eigenvalue weighted by molar-refractivity contribution is -0.137. The van der Waals surface area contributed by atoms with E-state index in [4.69, 9.17) is 28.2 Å². The molecular weight excluding hydrogens is 376 g/mol. The van der Waals surface area contributed by atoms with E-state index >= 15 is 0 Å². The molecular formula is C16H23ClN6O4. The summed E-state index contributed by atoms with van der Waals surface area (Å²) >= 11 is 5.81. The van der Waals surface area contributed by atoms with Crippen LogP contribution in [0.1, 0.15) is 37.8 Å². The Morgan fingerprint density at radius 2 is 1.81 bits per heavy atom. The predicted octanol–water partition coefficient (Wildman–Crippen LogP) is 0.628. The number of imide groups is 1. The Bertz CT molecular complexity index is 691. The maximum Gasteiger partial charge on any atom is 0.335 e. The number of rotatable bonds is 9. The van der Waals surface area contributed by atoms with E-state index < -0.39 is 30.0 Å². The smallest absolute Gasteiger partial charge is 0.335 e. The fourth-order valence-electron chi connectivity index (χ4n) is 2.19. The number of carbonyl (C=O) groups excluding carboxylic acids is 2. The second-order valence-corrected chi connectivity index (χ2v) is 6.11. The van der Waals surface area contributed by atoms with Gasteiger partial charge >= 0.3 is 12.0 Å². The molecule has 0 bridgehead atoms. The number of aliphatic carboxylic acids is 1. The van der Waals surface area contributed by atoms with Crippen molar-refractivity contribution in [1.82, 2.24) is 16.2 Å². The average molecular weight is 399 g/mol. The zero-order valence-electron chi connectivity index (χ0n) is 14.7. The molecule has 0 aliphatic heterocycles. The molecule has 3 amide bonds. The maximum absolute atomic E-state index is 11.9. The van der Waals surface area contributed by atoms with Crippen molar-refractivity contribution in [3.63, 3.8) is 0 Å². The van der Waals surface area contributed by atoms with E-state index in [0.29, 0.717) is 17.0 Å². The average Bonchev–Trinajstić information content (AvgIpc) is 2.58. The Kier molecular flexibility index (Phi) is 9.03. The van der Waals surface area contributed by atoms with Gasteiger partial charge in [0.15, 0.2) is 5.96 Å². The number of carbonyl (C=O) groups is 3. The molecule has 0 radical (unpaired) electrons. The molecule has 2 atom stereocenters. The molecule has 2 unspecified atom stereocenters. The first-order valence-corrected chi connectivity index (χ1v) is 8.50. The van der Waals surface area contributed by atoms with Crippen LogP contribution in [-0.4, -0.2) is 35.0 Å². The van der Waals surface area contributed by atoms with Crippen LogP contribution in [0, 0.1) is 0 Å². The van der Waals surface area contributed by atoms with Gasteiger partial charge in [-0.15, -0.1) is 0 Å². The standard InChI is InChI=1S/C16H23ClN6O4/c1-2-11(20-15(18)19)7-13(24)21-16(27)23-22-12(8-14(25)26)9-3-5-10(17)6-4-9/h3-6,11-12,22H,2,7-8H2,1H3,(H,25,26)(H4,18,19,20)(H2,21,23,24,27). The second kappa shape index (κ2) is 11.0. The molecule has 0 aliphatic carbocycles. The Labute approximate surface area is 161 Å². The number of hydrazine groups is 1. The molecule has 0 spiro atoms. The zero-order valence-corrected chi connectivity index (χ0v) is 15.5. The molecule has 27 heavy (non-hydrogen) atoms. The number of nitrogens with two attached hydrogens (primary N) is 2. The minimum Gasteiger partial charge on any atom is -0.481 e. The minimum atomic E-state index is -1.07. The molecule has 0 aromatic heterocycles. The zero-order chi connectivity index (χ0) is 20.4. The lowest BCUT2D eigenvalue weighted by atomic mass is 10.0. The summed E-state index contributed by atoms with van der Waals surface area (Å²) in [4.78, 5) is 38.7. The number of aliphatic imine (C=N–C) groups is 1. The van der Waals surface area contributed by atoms with E-state index in [1.807, 2.05) is 0 Å². The Balaban J connectivity index is 2.60. The molecule has 1 rings (SSSR count). The molecule has 0 saturated carbocycles. The lowest BCUT2D eigenvalue weighted by Crippen LogP contribution is -2.48. The monoisotopic (exact) mass is 398 g/mol. The third-order valence-electron chi connectivity index (χ3n) is 3.49. The molecule has 148 valence electrons. The molecule has 0 heterocycles. The molecule has 8 N–H and O–H groups in total.